The molecule has 0 aromatic heterocycles. The number of rotatable bonds is 3. The van der Waals surface area contributed by atoms with Crippen molar-refractivity contribution in [3.05, 3.63) is 0 Å². The van der Waals surface area contributed by atoms with Crippen LogP contribution in [0.2, 0.25) is 0 Å². The van der Waals surface area contributed by atoms with Crippen LogP contribution in [0.5, 0.6) is 0 Å². The maximum absolute atomic E-state index is 10.7. The summed E-state index contributed by atoms with van der Waals surface area (Å²) in [6.45, 7) is 0.582. The van der Waals surface area contributed by atoms with E-state index in [9.17, 15) is 8.42 Å². The van der Waals surface area contributed by atoms with E-state index < -0.39 is 10.2 Å². The van der Waals surface area contributed by atoms with Gasteiger partial charge in [0.25, 0.3) is 10.2 Å². The van der Waals surface area contributed by atoms with Gasteiger partial charge >= 0.3 is 0 Å². The van der Waals surface area contributed by atoms with Gasteiger partial charge in [0.2, 0.25) is 0 Å². The van der Waals surface area contributed by atoms with Crippen molar-refractivity contribution in [2.75, 3.05) is 13.6 Å². The van der Waals surface area contributed by atoms with Crippen molar-refractivity contribution >= 4 is 10.2 Å². The zero-order valence-corrected chi connectivity index (χ0v) is 7.47. The first-order valence-corrected chi connectivity index (χ1v) is 5.24. The highest BCUT2D eigenvalue weighted by Crippen LogP contribution is 2.26. The van der Waals surface area contributed by atoms with E-state index in [1.807, 2.05) is 0 Å². The second-order valence-electron chi connectivity index (χ2n) is 3.12. The number of hydrogen-bond donors (Lipinski definition) is 1. The van der Waals surface area contributed by atoms with E-state index in [1.54, 1.807) is 0 Å². The van der Waals surface area contributed by atoms with Gasteiger partial charge in [-0.3, -0.25) is 0 Å². The summed E-state index contributed by atoms with van der Waals surface area (Å²) in [5.74, 6) is 0.540. The maximum Gasteiger partial charge on any atom is 0.276 e. The first kappa shape index (κ1) is 8.96. The fourth-order valence-electron chi connectivity index (χ4n) is 1.14. The Labute approximate surface area is 67.6 Å². The molecule has 1 rings (SSSR count). The zero-order valence-electron chi connectivity index (χ0n) is 6.66. The quantitative estimate of drug-likeness (QED) is 0.657. The summed E-state index contributed by atoms with van der Waals surface area (Å²) in [4.78, 5) is 0. The van der Waals surface area contributed by atoms with Crippen LogP contribution in [0.25, 0.3) is 0 Å². The van der Waals surface area contributed by atoms with Crippen molar-refractivity contribution < 1.29 is 8.42 Å². The topological polar surface area (TPSA) is 63.4 Å². The number of nitrogens with two attached hydrogens (primary N) is 1. The van der Waals surface area contributed by atoms with Gasteiger partial charge in [0, 0.05) is 13.6 Å². The molecule has 2 N–H and O–H groups in total. The Balaban J connectivity index is 2.36. The standard InChI is InChI=1S/C6H14N2O2S/c1-8(11(7,9)10)5-6-3-2-4-6/h6H,2-5H2,1H3,(H2,7,9,10). The summed E-state index contributed by atoms with van der Waals surface area (Å²) < 4.78 is 22.6. The van der Waals surface area contributed by atoms with Gasteiger partial charge in [-0.25, -0.2) is 5.14 Å². The lowest BCUT2D eigenvalue weighted by Crippen LogP contribution is -2.38. The van der Waals surface area contributed by atoms with Gasteiger partial charge in [-0.05, 0) is 18.8 Å². The van der Waals surface area contributed by atoms with E-state index in [0.717, 1.165) is 12.8 Å². The second kappa shape index (κ2) is 3.08. The summed E-state index contributed by atoms with van der Waals surface area (Å²) in [5, 5.41) is 4.90. The molecule has 4 nitrogen and oxygen atoms in total. The average molecular weight is 178 g/mol. The minimum absolute atomic E-state index is 0.540. The van der Waals surface area contributed by atoms with E-state index in [0.29, 0.717) is 12.5 Å². The molecule has 11 heavy (non-hydrogen) atoms. The van der Waals surface area contributed by atoms with Gasteiger partial charge in [-0.15, -0.1) is 0 Å². The Morgan fingerprint density at radius 1 is 1.55 bits per heavy atom. The van der Waals surface area contributed by atoms with E-state index in [2.05, 4.69) is 0 Å². The molecule has 66 valence electrons. The normalized spacial score (nSPS) is 20.3. The fraction of sp³-hybridized carbons (Fsp3) is 1.00. The molecule has 0 heterocycles. The van der Waals surface area contributed by atoms with E-state index >= 15 is 0 Å². The first-order valence-electron chi connectivity index (χ1n) is 3.74. The minimum Gasteiger partial charge on any atom is -0.216 e. The van der Waals surface area contributed by atoms with Crippen molar-refractivity contribution in [3.63, 3.8) is 0 Å². The van der Waals surface area contributed by atoms with Crippen LogP contribution in [0.4, 0.5) is 0 Å². The molecule has 0 aromatic carbocycles. The Morgan fingerprint density at radius 2 is 2.09 bits per heavy atom. The van der Waals surface area contributed by atoms with Gasteiger partial charge in [0.15, 0.2) is 0 Å². The molecule has 0 amide bonds. The molecule has 5 heteroatoms. The summed E-state index contributed by atoms with van der Waals surface area (Å²) in [5.41, 5.74) is 0. The largest absolute Gasteiger partial charge is 0.276 e. The molecule has 1 aliphatic rings. The third-order valence-corrected chi connectivity index (χ3v) is 3.19. The molecule has 0 aliphatic heterocycles. The van der Waals surface area contributed by atoms with Crippen LogP contribution < -0.4 is 5.14 Å². The summed E-state index contributed by atoms with van der Waals surface area (Å²) in [6, 6.07) is 0. The van der Waals surface area contributed by atoms with Crippen molar-refractivity contribution in [2.24, 2.45) is 11.1 Å². The van der Waals surface area contributed by atoms with Crippen molar-refractivity contribution in [1.29, 1.82) is 0 Å². The van der Waals surface area contributed by atoms with E-state index in [4.69, 9.17) is 5.14 Å². The molecule has 0 spiro atoms. The van der Waals surface area contributed by atoms with E-state index in [1.165, 1.54) is 17.8 Å². The van der Waals surface area contributed by atoms with Gasteiger partial charge in [-0.2, -0.15) is 12.7 Å². The van der Waals surface area contributed by atoms with Crippen LogP contribution in [-0.4, -0.2) is 26.3 Å². The van der Waals surface area contributed by atoms with Crippen molar-refractivity contribution in [2.45, 2.75) is 19.3 Å². The van der Waals surface area contributed by atoms with Crippen LogP contribution in [0.15, 0.2) is 0 Å². The van der Waals surface area contributed by atoms with Gasteiger partial charge in [-0.1, -0.05) is 6.42 Å². The SMILES string of the molecule is CN(CC1CCC1)S(N)(=O)=O. The lowest BCUT2D eigenvalue weighted by Gasteiger charge is -2.28. The summed E-state index contributed by atoms with van der Waals surface area (Å²) in [6.07, 6.45) is 3.50. The fourth-order valence-corrected chi connectivity index (χ4v) is 1.56. The van der Waals surface area contributed by atoms with Crippen LogP contribution in [-0.2, 0) is 10.2 Å². The molecule has 1 aliphatic carbocycles. The van der Waals surface area contributed by atoms with Crippen molar-refractivity contribution in [1.82, 2.24) is 4.31 Å². The first-order chi connectivity index (χ1) is 5.00. The number of nitrogens with zero attached hydrogens (tertiary/aromatic N) is 1. The molecule has 0 unspecified atom stereocenters. The molecular formula is C6H14N2O2S. The van der Waals surface area contributed by atoms with Gasteiger partial charge < -0.3 is 0 Å². The Kier molecular flexibility index (Phi) is 2.51. The molecular weight excluding hydrogens is 164 g/mol. The average Bonchev–Trinajstić information content (AvgIpc) is 1.75. The molecule has 1 saturated carbocycles. The highest BCUT2D eigenvalue weighted by Gasteiger charge is 2.22. The molecule has 1 fully saturated rings. The third kappa shape index (κ3) is 2.43. The van der Waals surface area contributed by atoms with E-state index in [-0.39, 0.29) is 0 Å². The minimum atomic E-state index is -3.44. The molecule has 0 atom stereocenters. The lowest BCUT2D eigenvalue weighted by molar-refractivity contribution is 0.263. The third-order valence-electron chi connectivity index (χ3n) is 2.17. The smallest absolute Gasteiger partial charge is 0.216 e. The van der Waals surface area contributed by atoms with Crippen molar-refractivity contribution in [3.8, 4) is 0 Å². The summed E-state index contributed by atoms with van der Waals surface area (Å²) >= 11 is 0. The second-order valence-corrected chi connectivity index (χ2v) is 4.78. The highest BCUT2D eigenvalue weighted by atomic mass is 32.2. The molecule has 0 aromatic rings. The number of hydrogen-bond acceptors (Lipinski definition) is 2. The zero-order chi connectivity index (χ0) is 8.48. The van der Waals surface area contributed by atoms with Gasteiger partial charge in [0.1, 0.15) is 0 Å². The highest BCUT2D eigenvalue weighted by molar-refractivity contribution is 7.86. The van der Waals surface area contributed by atoms with Crippen LogP contribution in [0.1, 0.15) is 19.3 Å². The maximum atomic E-state index is 10.7. The Bertz CT molecular complexity index is 221. The molecule has 0 radical (unpaired) electrons. The van der Waals surface area contributed by atoms with Crippen LogP contribution in [0, 0.1) is 5.92 Å². The molecule has 0 saturated heterocycles. The summed E-state index contributed by atoms with van der Waals surface area (Å²) in [7, 11) is -1.92. The predicted molar refractivity (Wildman–Crippen MR) is 43.1 cm³/mol. The Morgan fingerprint density at radius 3 is 2.36 bits per heavy atom. The van der Waals surface area contributed by atoms with Crippen LogP contribution in [0.3, 0.4) is 0 Å². The monoisotopic (exact) mass is 178 g/mol. The lowest BCUT2D eigenvalue weighted by atomic mass is 9.86. The molecule has 0 bridgehead atoms. The van der Waals surface area contributed by atoms with Crippen LogP contribution >= 0.6 is 0 Å². The predicted octanol–water partition coefficient (Wildman–Crippen LogP) is -0.0782. The van der Waals surface area contributed by atoms with Gasteiger partial charge in [0.05, 0.1) is 0 Å². The Hall–Kier alpha value is -0.130.